The van der Waals surface area contributed by atoms with Gasteiger partial charge in [0.05, 0.1) is 16.6 Å². The van der Waals surface area contributed by atoms with Gasteiger partial charge in [0, 0.05) is 27.1 Å². The Balaban J connectivity index is 2.14. The minimum atomic E-state index is -0.421. The van der Waals surface area contributed by atoms with Crippen LogP contribution in [0, 0.1) is 0 Å². The fraction of sp³-hybridized carbons (Fsp3) is 0.389. The number of aryl methyl sites for hydroxylation is 2. The summed E-state index contributed by atoms with van der Waals surface area (Å²) in [5.74, 6) is 0.762. The summed E-state index contributed by atoms with van der Waals surface area (Å²) in [4.78, 5) is 32.4. The van der Waals surface area contributed by atoms with Crippen LogP contribution >= 0.6 is 23.2 Å². The van der Waals surface area contributed by atoms with Gasteiger partial charge in [-0.25, -0.2) is 9.78 Å². The Kier molecular flexibility index (Phi) is 5.46. The molecule has 0 aliphatic heterocycles. The molecule has 0 bridgehead atoms. The van der Waals surface area contributed by atoms with Crippen LogP contribution in [0.25, 0.3) is 11.2 Å². The Morgan fingerprint density at radius 2 is 1.78 bits per heavy atom. The maximum Gasteiger partial charge on any atom is 0.332 e. The Bertz CT molecular complexity index is 1130. The fourth-order valence-electron chi connectivity index (χ4n) is 3.00. The third-order valence-electron chi connectivity index (χ3n) is 4.56. The number of imidazole rings is 1. The van der Waals surface area contributed by atoms with Crippen molar-refractivity contribution in [3.8, 4) is 0 Å². The van der Waals surface area contributed by atoms with E-state index >= 15 is 0 Å². The summed E-state index contributed by atoms with van der Waals surface area (Å²) in [6, 6.07) is 5.05. The van der Waals surface area contributed by atoms with E-state index in [9.17, 15) is 9.59 Å². The van der Waals surface area contributed by atoms with Crippen molar-refractivity contribution in [2.24, 2.45) is 14.1 Å². The van der Waals surface area contributed by atoms with Crippen LogP contribution in [0.4, 0.5) is 0 Å². The van der Waals surface area contributed by atoms with Crippen LogP contribution in [0.3, 0.4) is 0 Å². The first kappa shape index (κ1) is 19.7. The molecule has 2 aromatic heterocycles. The van der Waals surface area contributed by atoms with Crippen molar-refractivity contribution in [1.82, 2.24) is 23.6 Å². The second kappa shape index (κ2) is 7.50. The molecule has 9 heteroatoms. The number of rotatable bonds is 5. The highest BCUT2D eigenvalue weighted by atomic mass is 35.5. The van der Waals surface area contributed by atoms with Gasteiger partial charge < -0.3 is 9.47 Å². The molecule has 0 atom stereocenters. The largest absolute Gasteiger partial charge is 0.332 e. The van der Waals surface area contributed by atoms with Gasteiger partial charge >= 0.3 is 5.69 Å². The molecule has 0 unspecified atom stereocenters. The summed E-state index contributed by atoms with van der Waals surface area (Å²) in [5.41, 5.74) is 0.733. The molecular weight excluding hydrogens is 389 g/mol. The first-order valence-electron chi connectivity index (χ1n) is 8.44. The molecule has 0 aliphatic carbocycles. The van der Waals surface area contributed by atoms with Crippen LogP contribution in [0.15, 0.2) is 27.8 Å². The van der Waals surface area contributed by atoms with Gasteiger partial charge in [0.2, 0.25) is 0 Å². The van der Waals surface area contributed by atoms with Crippen molar-refractivity contribution in [1.29, 1.82) is 0 Å². The molecule has 1 aromatic carbocycles. The average Bonchev–Trinajstić information content (AvgIpc) is 2.95. The van der Waals surface area contributed by atoms with E-state index in [1.54, 1.807) is 36.9 Å². The number of aromatic nitrogens is 4. The Hall–Kier alpha value is -2.09. The minimum absolute atomic E-state index is 0.108. The maximum absolute atomic E-state index is 13.0. The third kappa shape index (κ3) is 3.67. The van der Waals surface area contributed by atoms with E-state index in [1.807, 2.05) is 19.0 Å². The number of halogens is 2. The smallest absolute Gasteiger partial charge is 0.325 e. The molecule has 0 fully saturated rings. The zero-order valence-corrected chi connectivity index (χ0v) is 17.2. The molecule has 0 radical (unpaired) electrons. The first-order valence-corrected chi connectivity index (χ1v) is 9.20. The highest BCUT2D eigenvalue weighted by Crippen LogP contribution is 2.22. The highest BCUT2D eigenvalue weighted by Gasteiger charge is 2.18. The van der Waals surface area contributed by atoms with Gasteiger partial charge in [-0.05, 0) is 31.8 Å². The lowest BCUT2D eigenvalue weighted by Crippen LogP contribution is -2.39. The highest BCUT2D eigenvalue weighted by molar-refractivity contribution is 6.42. The molecule has 3 rings (SSSR count). The first-order chi connectivity index (χ1) is 12.7. The van der Waals surface area contributed by atoms with Gasteiger partial charge in [-0.3, -0.25) is 13.9 Å². The van der Waals surface area contributed by atoms with Gasteiger partial charge in [-0.1, -0.05) is 29.3 Å². The summed E-state index contributed by atoms with van der Waals surface area (Å²) in [6.07, 6.45) is 0.679. The lowest BCUT2D eigenvalue weighted by Gasteiger charge is -2.10. The van der Waals surface area contributed by atoms with Crippen molar-refractivity contribution in [2.45, 2.75) is 13.0 Å². The number of benzene rings is 1. The number of hydrogen-bond donors (Lipinski definition) is 0. The molecule has 2 heterocycles. The van der Waals surface area contributed by atoms with Crippen molar-refractivity contribution < 1.29 is 0 Å². The van der Waals surface area contributed by atoms with E-state index in [0.717, 1.165) is 17.9 Å². The van der Waals surface area contributed by atoms with Crippen molar-refractivity contribution in [2.75, 3.05) is 20.6 Å². The maximum atomic E-state index is 13.0. The van der Waals surface area contributed by atoms with Gasteiger partial charge in [0.1, 0.15) is 5.82 Å². The van der Waals surface area contributed by atoms with E-state index in [-0.39, 0.29) is 12.1 Å². The Labute approximate surface area is 166 Å². The van der Waals surface area contributed by atoms with Crippen LogP contribution < -0.4 is 11.2 Å². The van der Waals surface area contributed by atoms with Crippen molar-refractivity contribution in [3.05, 3.63) is 60.5 Å². The van der Waals surface area contributed by atoms with Crippen LogP contribution in [-0.4, -0.2) is 44.2 Å². The fourth-order valence-corrected chi connectivity index (χ4v) is 3.32. The normalized spacial score (nSPS) is 11.7. The molecule has 0 saturated heterocycles. The molecule has 0 N–H and O–H groups in total. The van der Waals surface area contributed by atoms with E-state index in [4.69, 9.17) is 23.2 Å². The van der Waals surface area contributed by atoms with Gasteiger partial charge in [0.15, 0.2) is 11.2 Å². The Morgan fingerprint density at radius 1 is 1.07 bits per heavy atom. The molecule has 7 nitrogen and oxygen atoms in total. The standard InChI is InChI=1S/C18H21Cl2N5O2/c1-22(2)8-7-14-21-16-15(23(14)3)17(26)25(18(27)24(16)4)10-11-5-6-12(19)13(20)9-11/h5-6,9H,7-8,10H2,1-4H3. The number of likely N-dealkylation sites (N-methyl/N-ethyl adjacent to an activating group) is 1. The van der Waals surface area contributed by atoms with Crippen LogP contribution in [-0.2, 0) is 27.1 Å². The van der Waals surface area contributed by atoms with E-state index < -0.39 is 5.69 Å². The molecule has 0 amide bonds. The summed E-state index contributed by atoms with van der Waals surface area (Å²) < 4.78 is 4.37. The molecular formula is C18H21Cl2N5O2. The SMILES string of the molecule is CN(C)CCc1nc2c(c(=O)n(Cc3ccc(Cl)c(Cl)c3)c(=O)n2C)n1C. The number of fused-ring (bicyclic) bond motifs is 1. The summed E-state index contributed by atoms with van der Waals surface area (Å²) in [5, 5.41) is 0.805. The van der Waals surface area contributed by atoms with E-state index in [0.29, 0.717) is 27.6 Å². The van der Waals surface area contributed by atoms with Crippen LogP contribution in [0.5, 0.6) is 0 Å². The molecule has 0 aliphatic rings. The number of nitrogens with zero attached hydrogens (tertiary/aromatic N) is 5. The second-order valence-corrected chi connectivity index (χ2v) is 7.61. The lowest BCUT2D eigenvalue weighted by atomic mass is 10.2. The third-order valence-corrected chi connectivity index (χ3v) is 5.30. The van der Waals surface area contributed by atoms with Gasteiger partial charge in [0.25, 0.3) is 5.56 Å². The average molecular weight is 410 g/mol. The summed E-state index contributed by atoms with van der Waals surface area (Å²) >= 11 is 12.0. The van der Waals surface area contributed by atoms with Gasteiger partial charge in [-0.15, -0.1) is 0 Å². The lowest BCUT2D eigenvalue weighted by molar-refractivity contribution is 0.408. The summed E-state index contributed by atoms with van der Waals surface area (Å²) in [7, 11) is 7.37. The van der Waals surface area contributed by atoms with Crippen molar-refractivity contribution >= 4 is 34.4 Å². The minimum Gasteiger partial charge on any atom is -0.325 e. The predicted octanol–water partition coefficient (Wildman–Crippen LogP) is 1.89. The molecule has 0 saturated carbocycles. The molecule has 144 valence electrons. The van der Waals surface area contributed by atoms with Crippen LogP contribution in [0.2, 0.25) is 10.0 Å². The molecule has 3 aromatic rings. The second-order valence-electron chi connectivity index (χ2n) is 6.79. The van der Waals surface area contributed by atoms with Gasteiger partial charge in [-0.2, -0.15) is 0 Å². The topological polar surface area (TPSA) is 65.1 Å². The zero-order chi connectivity index (χ0) is 19.9. The molecule has 0 spiro atoms. The monoisotopic (exact) mass is 409 g/mol. The zero-order valence-electron chi connectivity index (χ0n) is 15.7. The summed E-state index contributed by atoms with van der Waals surface area (Å²) in [6.45, 7) is 0.902. The van der Waals surface area contributed by atoms with E-state index in [2.05, 4.69) is 4.98 Å². The van der Waals surface area contributed by atoms with Crippen molar-refractivity contribution in [3.63, 3.8) is 0 Å². The molecule has 27 heavy (non-hydrogen) atoms. The quantitative estimate of drug-likeness (QED) is 0.645. The van der Waals surface area contributed by atoms with E-state index in [1.165, 1.54) is 9.13 Å². The van der Waals surface area contributed by atoms with Crippen LogP contribution in [0.1, 0.15) is 11.4 Å². The Morgan fingerprint density at radius 3 is 2.41 bits per heavy atom. The number of hydrogen-bond acceptors (Lipinski definition) is 4. The predicted molar refractivity (Wildman–Crippen MR) is 108 cm³/mol.